The molecule has 224 valence electrons. The van der Waals surface area contributed by atoms with Gasteiger partial charge >= 0.3 is 0 Å². The number of hydrogen-bond acceptors (Lipinski definition) is 4. The number of rotatable bonds is 11. The Hall–Kier alpha value is -3.65. The molecule has 0 saturated heterocycles. The summed E-state index contributed by atoms with van der Waals surface area (Å²) in [7, 11) is -4.08. The van der Waals surface area contributed by atoms with Crippen molar-refractivity contribution in [2.45, 2.75) is 89.7 Å². The number of amides is 2. The third-order valence-corrected chi connectivity index (χ3v) is 9.70. The highest BCUT2D eigenvalue weighted by Crippen LogP contribution is 2.27. The zero-order chi connectivity index (χ0) is 30.3. The summed E-state index contributed by atoms with van der Waals surface area (Å²) >= 11 is 0. The molecule has 1 fully saturated rings. The summed E-state index contributed by atoms with van der Waals surface area (Å²) in [5, 5.41) is 3.19. The Labute approximate surface area is 251 Å². The molecule has 1 N–H and O–H groups in total. The second-order valence-corrected chi connectivity index (χ2v) is 13.3. The van der Waals surface area contributed by atoms with Crippen LogP contribution in [0.25, 0.3) is 0 Å². The molecule has 0 aliphatic heterocycles. The van der Waals surface area contributed by atoms with Crippen molar-refractivity contribution in [1.82, 2.24) is 10.2 Å². The number of anilines is 1. The van der Waals surface area contributed by atoms with Crippen molar-refractivity contribution >= 4 is 27.5 Å². The van der Waals surface area contributed by atoms with Gasteiger partial charge in [0.2, 0.25) is 11.8 Å². The molecule has 42 heavy (non-hydrogen) atoms. The van der Waals surface area contributed by atoms with Crippen molar-refractivity contribution in [1.29, 1.82) is 0 Å². The fraction of sp³-hybridized carbons (Fsp3) is 0.412. The standard InChI is InChI=1S/C34H43N3O4S/c1-5-32(34(39)35-29-12-8-6-9-13-29)36(23-28-18-16-25(2)17-19-28)33(38)24-37(30-21-26(3)20-27(4)22-30)42(40,41)31-14-10-7-11-15-31/h7,10-11,14-22,29,32H,5-6,8-9,12-13,23-24H2,1-4H3,(H,35,39). The minimum atomic E-state index is -4.08. The lowest BCUT2D eigenvalue weighted by atomic mass is 9.95. The van der Waals surface area contributed by atoms with Crippen LogP contribution in [0.4, 0.5) is 5.69 Å². The minimum absolute atomic E-state index is 0.0989. The van der Waals surface area contributed by atoms with Gasteiger partial charge in [-0.3, -0.25) is 13.9 Å². The zero-order valence-corrected chi connectivity index (χ0v) is 26.0. The van der Waals surface area contributed by atoms with E-state index in [-0.39, 0.29) is 23.4 Å². The van der Waals surface area contributed by atoms with Crippen molar-refractivity contribution < 1.29 is 18.0 Å². The van der Waals surface area contributed by atoms with Crippen LogP contribution in [0.3, 0.4) is 0 Å². The lowest BCUT2D eigenvalue weighted by molar-refractivity contribution is -0.140. The smallest absolute Gasteiger partial charge is 0.264 e. The molecule has 1 unspecified atom stereocenters. The average Bonchev–Trinajstić information content (AvgIpc) is 2.97. The molecule has 1 aliphatic carbocycles. The first-order valence-corrected chi connectivity index (χ1v) is 16.3. The highest BCUT2D eigenvalue weighted by molar-refractivity contribution is 7.92. The Morgan fingerprint density at radius 1 is 0.857 bits per heavy atom. The number of carbonyl (C=O) groups excluding carboxylic acids is 2. The van der Waals surface area contributed by atoms with E-state index in [1.807, 2.05) is 58.0 Å². The van der Waals surface area contributed by atoms with E-state index in [9.17, 15) is 18.0 Å². The van der Waals surface area contributed by atoms with Gasteiger partial charge in [-0.2, -0.15) is 0 Å². The van der Waals surface area contributed by atoms with E-state index in [2.05, 4.69) is 5.32 Å². The molecule has 0 heterocycles. The molecule has 0 aromatic heterocycles. The summed E-state index contributed by atoms with van der Waals surface area (Å²) in [6, 6.07) is 20.9. The zero-order valence-electron chi connectivity index (χ0n) is 25.2. The van der Waals surface area contributed by atoms with E-state index >= 15 is 0 Å². The normalized spacial score (nSPS) is 14.7. The van der Waals surface area contributed by atoms with Crippen LogP contribution in [0.15, 0.2) is 77.7 Å². The largest absolute Gasteiger partial charge is 0.352 e. The van der Waals surface area contributed by atoms with Crippen LogP contribution in [0.2, 0.25) is 0 Å². The van der Waals surface area contributed by atoms with Gasteiger partial charge in [-0.15, -0.1) is 0 Å². The number of sulfonamides is 1. The Morgan fingerprint density at radius 2 is 1.48 bits per heavy atom. The summed E-state index contributed by atoms with van der Waals surface area (Å²) in [6.45, 7) is 7.45. The average molecular weight is 590 g/mol. The van der Waals surface area contributed by atoms with Gasteiger partial charge in [0.25, 0.3) is 10.0 Å². The Balaban J connectivity index is 1.71. The molecule has 1 saturated carbocycles. The molecule has 7 nitrogen and oxygen atoms in total. The fourth-order valence-corrected chi connectivity index (χ4v) is 7.12. The van der Waals surface area contributed by atoms with Crippen LogP contribution in [0, 0.1) is 20.8 Å². The number of carbonyl (C=O) groups is 2. The van der Waals surface area contributed by atoms with Crippen LogP contribution >= 0.6 is 0 Å². The van der Waals surface area contributed by atoms with Crippen molar-refractivity contribution in [3.05, 3.63) is 95.1 Å². The lowest BCUT2D eigenvalue weighted by Gasteiger charge is -2.34. The number of hydrogen-bond donors (Lipinski definition) is 1. The SMILES string of the molecule is CCC(C(=O)NC1CCCCC1)N(Cc1ccc(C)cc1)C(=O)CN(c1cc(C)cc(C)c1)S(=O)(=O)c1ccccc1. The molecular formula is C34H43N3O4S. The number of nitrogens with one attached hydrogen (secondary N) is 1. The van der Waals surface area contributed by atoms with E-state index in [4.69, 9.17) is 0 Å². The van der Waals surface area contributed by atoms with Crippen molar-refractivity contribution in [3.63, 3.8) is 0 Å². The number of aryl methyl sites for hydroxylation is 3. The summed E-state index contributed by atoms with van der Waals surface area (Å²) < 4.78 is 29.2. The van der Waals surface area contributed by atoms with Crippen molar-refractivity contribution in [3.8, 4) is 0 Å². The summed E-state index contributed by atoms with van der Waals surface area (Å²) in [5.41, 5.74) is 4.16. The minimum Gasteiger partial charge on any atom is -0.352 e. The van der Waals surface area contributed by atoms with Crippen molar-refractivity contribution in [2.24, 2.45) is 0 Å². The van der Waals surface area contributed by atoms with Crippen LogP contribution in [-0.4, -0.2) is 43.8 Å². The molecule has 0 spiro atoms. The number of benzene rings is 3. The fourth-order valence-electron chi connectivity index (χ4n) is 5.70. The van der Waals surface area contributed by atoms with Crippen LogP contribution in [0.5, 0.6) is 0 Å². The van der Waals surface area contributed by atoms with Crippen molar-refractivity contribution in [2.75, 3.05) is 10.8 Å². The molecule has 3 aromatic rings. The maximum absolute atomic E-state index is 14.3. The van der Waals surface area contributed by atoms with E-state index in [0.717, 1.165) is 47.9 Å². The first kappa shape index (κ1) is 31.3. The van der Waals surface area contributed by atoms with Gasteiger partial charge in [-0.25, -0.2) is 8.42 Å². The van der Waals surface area contributed by atoms with E-state index in [0.29, 0.717) is 12.1 Å². The van der Waals surface area contributed by atoms with Crippen LogP contribution in [-0.2, 0) is 26.2 Å². The van der Waals surface area contributed by atoms with Crippen LogP contribution in [0.1, 0.15) is 67.7 Å². The molecule has 2 amide bonds. The van der Waals surface area contributed by atoms with Gasteiger partial charge in [-0.1, -0.05) is 80.3 Å². The second kappa shape index (κ2) is 14.0. The monoisotopic (exact) mass is 589 g/mol. The highest BCUT2D eigenvalue weighted by atomic mass is 32.2. The predicted octanol–water partition coefficient (Wildman–Crippen LogP) is 6.06. The Morgan fingerprint density at radius 3 is 2.07 bits per heavy atom. The third kappa shape index (κ3) is 7.79. The maximum Gasteiger partial charge on any atom is 0.264 e. The first-order valence-electron chi connectivity index (χ1n) is 14.9. The quantitative estimate of drug-likeness (QED) is 0.294. The summed E-state index contributed by atoms with van der Waals surface area (Å²) in [4.78, 5) is 29.6. The van der Waals surface area contributed by atoms with Gasteiger partial charge in [0.15, 0.2) is 0 Å². The molecular weight excluding hydrogens is 546 g/mol. The summed E-state index contributed by atoms with van der Waals surface area (Å²) in [5.74, 6) is -0.617. The van der Waals surface area contributed by atoms with Crippen LogP contribution < -0.4 is 9.62 Å². The number of nitrogens with zero attached hydrogens (tertiary/aromatic N) is 2. The van der Waals surface area contributed by atoms with Gasteiger partial charge in [0, 0.05) is 12.6 Å². The van der Waals surface area contributed by atoms with Gasteiger partial charge < -0.3 is 10.2 Å². The molecule has 3 aromatic carbocycles. The topological polar surface area (TPSA) is 86.8 Å². The van der Waals surface area contributed by atoms with Gasteiger partial charge in [-0.05, 0) is 81.0 Å². The molecule has 0 radical (unpaired) electrons. The third-order valence-electron chi connectivity index (χ3n) is 7.92. The molecule has 4 rings (SSSR count). The van der Waals surface area contributed by atoms with E-state index in [1.165, 1.54) is 22.9 Å². The summed E-state index contributed by atoms with van der Waals surface area (Å²) in [6.07, 6.45) is 5.61. The predicted molar refractivity (Wildman–Crippen MR) is 168 cm³/mol. The Kier molecular flexibility index (Phi) is 10.4. The Bertz CT molecular complexity index is 1450. The molecule has 1 aliphatic rings. The van der Waals surface area contributed by atoms with Gasteiger partial charge in [0.1, 0.15) is 12.6 Å². The van der Waals surface area contributed by atoms with Gasteiger partial charge in [0.05, 0.1) is 10.6 Å². The molecule has 8 heteroatoms. The second-order valence-electron chi connectivity index (χ2n) is 11.4. The van der Waals surface area contributed by atoms with E-state index in [1.54, 1.807) is 35.2 Å². The lowest BCUT2D eigenvalue weighted by Crippen LogP contribution is -2.54. The first-order chi connectivity index (χ1) is 20.1. The maximum atomic E-state index is 14.3. The highest BCUT2D eigenvalue weighted by Gasteiger charge is 2.34. The molecule has 0 bridgehead atoms. The van der Waals surface area contributed by atoms with E-state index < -0.39 is 28.5 Å². The molecule has 1 atom stereocenters.